The van der Waals surface area contributed by atoms with Crippen LogP contribution >= 0.6 is 0 Å². The van der Waals surface area contributed by atoms with Gasteiger partial charge in [0, 0.05) is 19.1 Å². The Labute approximate surface area is 61.4 Å². The van der Waals surface area contributed by atoms with Crippen LogP contribution in [0, 0.1) is 0 Å². The van der Waals surface area contributed by atoms with Gasteiger partial charge in [0.15, 0.2) is 0 Å². The van der Waals surface area contributed by atoms with Crippen LogP contribution in [0.5, 0.6) is 0 Å². The molecule has 5 heteroatoms. The lowest BCUT2D eigenvalue weighted by atomic mass is 10.4. The third-order valence-corrected chi connectivity index (χ3v) is 3.31. The number of likely N-dealkylation sites (N-methyl/N-ethyl adjacent to an activating group) is 1. The Morgan fingerprint density at radius 1 is 1.70 bits per heavy atom. The standard InChI is InChI=1S/C5H12N2O2S/c1-3-7-4-5(2)6-10(7,8)9/h5-6H,3-4H2,1-2H3/t5-/m1/s1. The van der Waals surface area contributed by atoms with Crippen molar-refractivity contribution in [3.05, 3.63) is 0 Å². The van der Waals surface area contributed by atoms with Crippen molar-refractivity contribution in [2.75, 3.05) is 13.1 Å². The summed E-state index contributed by atoms with van der Waals surface area (Å²) in [5, 5.41) is 0. The molecule has 1 atom stereocenters. The molecule has 0 aromatic carbocycles. The lowest BCUT2D eigenvalue weighted by molar-refractivity contribution is 0.452. The molecule has 60 valence electrons. The predicted molar refractivity (Wildman–Crippen MR) is 38.8 cm³/mol. The first-order valence-corrected chi connectivity index (χ1v) is 4.77. The van der Waals surface area contributed by atoms with Crippen LogP contribution in [-0.2, 0) is 10.2 Å². The van der Waals surface area contributed by atoms with Crippen LogP contribution in [0.3, 0.4) is 0 Å². The van der Waals surface area contributed by atoms with Gasteiger partial charge in [-0.25, -0.2) is 0 Å². The van der Waals surface area contributed by atoms with Crippen molar-refractivity contribution in [3.8, 4) is 0 Å². The molecule has 0 aromatic rings. The largest absolute Gasteiger partial charge is 0.279 e. The van der Waals surface area contributed by atoms with Gasteiger partial charge in [-0.15, -0.1) is 0 Å². The molecular formula is C5H12N2O2S. The third kappa shape index (κ3) is 1.31. The average Bonchev–Trinajstić information content (AvgIpc) is 2.04. The van der Waals surface area contributed by atoms with Gasteiger partial charge in [-0.2, -0.15) is 17.4 Å². The van der Waals surface area contributed by atoms with Gasteiger partial charge in [0.25, 0.3) is 10.2 Å². The van der Waals surface area contributed by atoms with Crippen molar-refractivity contribution in [1.82, 2.24) is 9.03 Å². The fraction of sp³-hybridized carbons (Fsp3) is 1.00. The normalized spacial score (nSPS) is 32.8. The summed E-state index contributed by atoms with van der Waals surface area (Å²) in [6.07, 6.45) is 0. The predicted octanol–water partition coefficient (Wildman–Crippen LogP) is -0.455. The van der Waals surface area contributed by atoms with Crippen LogP contribution in [-0.4, -0.2) is 31.9 Å². The Balaban J connectivity index is 2.78. The first-order chi connectivity index (χ1) is 4.56. The van der Waals surface area contributed by atoms with E-state index >= 15 is 0 Å². The molecule has 1 N–H and O–H groups in total. The second-order valence-electron chi connectivity index (χ2n) is 2.47. The Hall–Kier alpha value is -0.130. The van der Waals surface area contributed by atoms with Crippen molar-refractivity contribution in [2.45, 2.75) is 19.9 Å². The molecular weight excluding hydrogens is 152 g/mol. The molecule has 1 heterocycles. The smallest absolute Gasteiger partial charge is 0.198 e. The zero-order valence-electron chi connectivity index (χ0n) is 6.16. The first-order valence-electron chi connectivity index (χ1n) is 3.33. The molecule has 0 saturated carbocycles. The lowest BCUT2D eigenvalue weighted by Crippen LogP contribution is -2.29. The maximum absolute atomic E-state index is 11.0. The number of nitrogens with one attached hydrogen (secondary N) is 1. The maximum atomic E-state index is 11.0. The highest BCUT2D eigenvalue weighted by Crippen LogP contribution is 2.07. The quantitative estimate of drug-likeness (QED) is 0.570. The Morgan fingerprint density at radius 2 is 2.30 bits per heavy atom. The first kappa shape index (κ1) is 7.97. The van der Waals surface area contributed by atoms with Gasteiger partial charge in [-0.05, 0) is 6.92 Å². The summed E-state index contributed by atoms with van der Waals surface area (Å²) in [4.78, 5) is 0. The van der Waals surface area contributed by atoms with E-state index in [4.69, 9.17) is 0 Å². The van der Waals surface area contributed by atoms with Gasteiger partial charge in [-0.3, -0.25) is 0 Å². The molecule has 0 bridgehead atoms. The van der Waals surface area contributed by atoms with Crippen LogP contribution in [0.4, 0.5) is 0 Å². The number of hydrogen-bond acceptors (Lipinski definition) is 2. The summed E-state index contributed by atoms with van der Waals surface area (Å²) in [5.74, 6) is 0. The molecule has 4 nitrogen and oxygen atoms in total. The summed E-state index contributed by atoms with van der Waals surface area (Å²) in [6, 6.07) is 0.0601. The molecule has 10 heavy (non-hydrogen) atoms. The Kier molecular flexibility index (Phi) is 1.98. The van der Waals surface area contributed by atoms with E-state index < -0.39 is 10.2 Å². The maximum Gasteiger partial charge on any atom is 0.279 e. The molecule has 0 unspecified atom stereocenters. The van der Waals surface area contributed by atoms with E-state index in [1.165, 1.54) is 4.31 Å². The van der Waals surface area contributed by atoms with Crippen molar-refractivity contribution in [3.63, 3.8) is 0 Å². The van der Waals surface area contributed by atoms with Crippen LogP contribution in [0.15, 0.2) is 0 Å². The Morgan fingerprint density at radius 3 is 2.50 bits per heavy atom. The molecule has 1 fully saturated rings. The molecule has 0 amide bonds. The van der Waals surface area contributed by atoms with Gasteiger partial charge in [0.1, 0.15) is 0 Å². The van der Waals surface area contributed by atoms with Gasteiger partial charge < -0.3 is 0 Å². The van der Waals surface area contributed by atoms with Crippen LogP contribution < -0.4 is 4.72 Å². The van der Waals surface area contributed by atoms with Crippen molar-refractivity contribution in [1.29, 1.82) is 0 Å². The molecule has 1 rings (SSSR count). The highest BCUT2D eigenvalue weighted by atomic mass is 32.2. The molecule has 1 saturated heterocycles. The van der Waals surface area contributed by atoms with Crippen molar-refractivity contribution in [2.24, 2.45) is 0 Å². The lowest BCUT2D eigenvalue weighted by Gasteiger charge is -2.07. The fourth-order valence-corrected chi connectivity index (χ4v) is 2.56. The third-order valence-electron chi connectivity index (χ3n) is 1.52. The minimum atomic E-state index is -3.10. The van der Waals surface area contributed by atoms with Gasteiger partial charge in [-0.1, -0.05) is 6.92 Å². The Bertz CT molecular complexity index is 212. The van der Waals surface area contributed by atoms with E-state index in [9.17, 15) is 8.42 Å². The summed E-state index contributed by atoms with van der Waals surface area (Å²) in [5.41, 5.74) is 0. The number of rotatable bonds is 1. The SMILES string of the molecule is CCN1C[C@@H](C)NS1(=O)=O. The second kappa shape index (κ2) is 2.48. The van der Waals surface area contributed by atoms with E-state index in [0.29, 0.717) is 13.1 Å². The van der Waals surface area contributed by atoms with Crippen LogP contribution in [0.25, 0.3) is 0 Å². The molecule has 1 aliphatic heterocycles. The molecule has 1 aliphatic rings. The zero-order valence-corrected chi connectivity index (χ0v) is 6.98. The summed E-state index contributed by atoms with van der Waals surface area (Å²) >= 11 is 0. The van der Waals surface area contributed by atoms with Gasteiger partial charge >= 0.3 is 0 Å². The monoisotopic (exact) mass is 164 g/mol. The molecule has 0 aromatic heterocycles. The van der Waals surface area contributed by atoms with Crippen LogP contribution in [0.1, 0.15) is 13.8 Å². The zero-order chi connectivity index (χ0) is 7.78. The van der Waals surface area contributed by atoms with E-state index in [1.807, 2.05) is 13.8 Å². The molecule has 0 spiro atoms. The molecule has 0 aliphatic carbocycles. The van der Waals surface area contributed by atoms with Crippen molar-refractivity contribution >= 4 is 10.2 Å². The van der Waals surface area contributed by atoms with E-state index in [2.05, 4.69) is 4.72 Å². The van der Waals surface area contributed by atoms with E-state index in [0.717, 1.165) is 0 Å². The van der Waals surface area contributed by atoms with Crippen molar-refractivity contribution < 1.29 is 8.42 Å². The topological polar surface area (TPSA) is 49.4 Å². The van der Waals surface area contributed by atoms with Crippen LogP contribution in [0.2, 0.25) is 0 Å². The highest BCUT2D eigenvalue weighted by molar-refractivity contribution is 7.87. The number of hydrogen-bond donors (Lipinski definition) is 1. The minimum absolute atomic E-state index is 0.0601. The molecule has 0 radical (unpaired) electrons. The summed E-state index contributed by atoms with van der Waals surface area (Å²) in [7, 11) is -3.10. The van der Waals surface area contributed by atoms with E-state index in [1.54, 1.807) is 0 Å². The number of nitrogens with zero attached hydrogens (tertiary/aromatic N) is 1. The second-order valence-corrected chi connectivity index (χ2v) is 4.18. The van der Waals surface area contributed by atoms with Gasteiger partial charge in [0.2, 0.25) is 0 Å². The van der Waals surface area contributed by atoms with E-state index in [-0.39, 0.29) is 6.04 Å². The van der Waals surface area contributed by atoms with Gasteiger partial charge in [0.05, 0.1) is 0 Å². The summed E-state index contributed by atoms with van der Waals surface area (Å²) < 4.78 is 26.0. The minimum Gasteiger partial charge on any atom is -0.198 e. The summed E-state index contributed by atoms with van der Waals surface area (Å²) in [6.45, 7) is 4.84. The average molecular weight is 164 g/mol. The fourth-order valence-electron chi connectivity index (χ4n) is 1.07. The highest BCUT2D eigenvalue weighted by Gasteiger charge is 2.30.